The first kappa shape index (κ1) is 15.3. The van der Waals surface area contributed by atoms with Crippen LogP contribution in [0.2, 0.25) is 0 Å². The standard InChI is InChI=1S/C16H19NO4/c1-9(2)13(15(18)17-20)8-12-7-11-6-10(3)4-5-14(11)21-16(12)19/h4-7,9,13,20H,8H2,1-3H3,(H,17,18). The third-order valence-corrected chi connectivity index (χ3v) is 3.65. The van der Waals surface area contributed by atoms with Gasteiger partial charge in [-0.05, 0) is 37.5 Å². The number of hydrogen-bond donors (Lipinski definition) is 2. The van der Waals surface area contributed by atoms with Crippen molar-refractivity contribution in [2.75, 3.05) is 0 Å². The molecular weight excluding hydrogens is 270 g/mol. The predicted molar refractivity (Wildman–Crippen MR) is 79.2 cm³/mol. The minimum absolute atomic E-state index is 0.00948. The Morgan fingerprint density at radius 3 is 2.67 bits per heavy atom. The van der Waals surface area contributed by atoms with Gasteiger partial charge in [-0.3, -0.25) is 10.0 Å². The molecule has 21 heavy (non-hydrogen) atoms. The molecule has 0 radical (unpaired) electrons. The van der Waals surface area contributed by atoms with Crippen LogP contribution in [0.25, 0.3) is 11.0 Å². The molecule has 1 unspecified atom stereocenters. The molecule has 0 aliphatic heterocycles. The van der Waals surface area contributed by atoms with Crippen LogP contribution in [0.5, 0.6) is 0 Å². The molecule has 1 atom stereocenters. The normalized spacial score (nSPS) is 12.6. The molecule has 1 heterocycles. The van der Waals surface area contributed by atoms with E-state index in [-0.39, 0.29) is 12.3 Å². The number of carbonyl (C=O) groups excluding carboxylic acids is 1. The van der Waals surface area contributed by atoms with E-state index in [0.717, 1.165) is 10.9 Å². The van der Waals surface area contributed by atoms with E-state index >= 15 is 0 Å². The fourth-order valence-electron chi connectivity index (χ4n) is 2.38. The molecule has 2 N–H and O–H groups in total. The van der Waals surface area contributed by atoms with Gasteiger partial charge in [-0.1, -0.05) is 25.5 Å². The van der Waals surface area contributed by atoms with Crippen molar-refractivity contribution in [2.24, 2.45) is 11.8 Å². The van der Waals surface area contributed by atoms with Crippen LogP contribution in [0.4, 0.5) is 0 Å². The van der Waals surface area contributed by atoms with Gasteiger partial charge in [0.05, 0.1) is 0 Å². The van der Waals surface area contributed by atoms with E-state index in [1.54, 1.807) is 17.6 Å². The second-order valence-corrected chi connectivity index (χ2v) is 5.63. The van der Waals surface area contributed by atoms with Gasteiger partial charge in [-0.15, -0.1) is 0 Å². The Morgan fingerprint density at radius 2 is 2.05 bits per heavy atom. The van der Waals surface area contributed by atoms with Gasteiger partial charge in [0.2, 0.25) is 5.91 Å². The van der Waals surface area contributed by atoms with Gasteiger partial charge in [-0.25, -0.2) is 10.3 Å². The average Bonchev–Trinajstić information content (AvgIpc) is 2.44. The van der Waals surface area contributed by atoms with Crippen LogP contribution in [0.3, 0.4) is 0 Å². The number of amides is 1. The average molecular weight is 289 g/mol. The lowest BCUT2D eigenvalue weighted by Crippen LogP contribution is -2.33. The molecule has 112 valence electrons. The van der Waals surface area contributed by atoms with Gasteiger partial charge in [0.25, 0.3) is 0 Å². The van der Waals surface area contributed by atoms with Crippen molar-refractivity contribution in [2.45, 2.75) is 27.2 Å². The summed E-state index contributed by atoms with van der Waals surface area (Å²) < 4.78 is 5.29. The van der Waals surface area contributed by atoms with Crippen molar-refractivity contribution >= 4 is 16.9 Å². The lowest BCUT2D eigenvalue weighted by Gasteiger charge is -2.18. The Bertz CT molecular complexity index is 718. The van der Waals surface area contributed by atoms with Crippen molar-refractivity contribution < 1.29 is 14.4 Å². The van der Waals surface area contributed by atoms with Crippen LogP contribution in [0, 0.1) is 18.8 Å². The van der Waals surface area contributed by atoms with Crippen molar-refractivity contribution in [3.63, 3.8) is 0 Å². The van der Waals surface area contributed by atoms with E-state index in [1.165, 1.54) is 0 Å². The quantitative estimate of drug-likeness (QED) is 0.514. The number of aryl methyl sites for hydroxylation is 1. The predicted octanol–water partition coefficient (Wildman–Crippen LogP) is 2.42. The number of fused-ring (bicyclic) bond motifs is 1. The smallest absolute Gasteiger partial charge is 0.339 e. The maximum atomic E-state index is 12.0. The fourth-order valence-corrected chi connectivity index (χ4v) is 2.38. The summed E-state index contributed by atoms with van der Waals surface area (Å²) in [7, 11) is 0. The monoisotopic (exact) mass is 289 g/mol. The van der Waals surface area contributed by atoms with Gasteiger partial charge in [0, 0.05) is 16.9 Å². The number of nitrogens with one attached hydrogen (secondary N) is 1. The summed E-state index contributed by atoms with van der Waals surface area (Å²) in [4.78, 5) is 23.7. The summed E-state index contributed by atoms with van der Waals surface area (Å²) >= 11 is 0. The van der Waals surface area contributed by atoms with E-state index in [0.29, 0.717) is 11.1 Å². The Hall–Kier alpha value is -2.14. The van der Waals surface area contributed by atoms with Crippen molar-refractivity contribution in [3.05, 3.63) is 45.8 Å². The number of hydroxylamine groups is 1. The van der Waals surface area contributed by atoms with Gasteiger partial charge < -0.3 is 4.42 Å². The van der Waals surface area contributed by atoms with Crippen LogP contribution < -0.4 is 11.1 Å². The Balaban J connectivity index is 2.43. The number of rotatable bonds is 4. The lowest BCUT2D eigenvalue weighted by molar-refractivity contribution is -0.134. The zero-order valence-corrected chi connectivity index (χ0v) is 12.3. The van der Waals surface area contributed by atoms with E-state index < -0.39 is 17.5 Å². The van der Waals surface area contributed by atoms with Crippen LogP contribution in [-0.4, -0.2) is 11.1 Å². The first-order valence-electron chi connectivity index (χ1n) is 6.89. The van der Waals surface area contributed by atoms with Crippen LogP contribution in [-0.2, 0) is 11.2 Å². The van der Waals surface area contributed by atoms with Crippen LogP contribution in [0.15, 0.2) is 33.5 Å². The van der Waals surface area contributed by atoms with Crippen LogP contribution in [0.1, 0.15) is 25.0 Å². The second kappa shape index (κ2) is 6.10. The molecule has 0 aliphatic rings. The van der Waals surface area contributed by atoms with Gasteiger partial charge >= 0.3 is 5.63 Å². The molecule has 0 fully saturated rings. The molecule has 5 heteroatoms. The molecule has 2 rings (SSSR count). The molecule has 5 nitrogen and oxygen atoms in total. The first-order chi connectivity index (χ1) is 9.92. The van der Waals surface area contributed by atoms with Gasteiger partial charge in [0.15, 0.2) is 0 Å². The molecule has 0 aliphatic carbocycles. The number of benzene rings is 1. The third-order valence-electron chi connectivity index (χ3n) is 3.65. The molecule has 0 saturated carbocycles. The van der Waals surface area contributed by atoms with Crippen molar-refractivity contribution in [1.29, 1.82) is 0 Å². The number of carbonyl (C=O) groups is 1. The highest BCUT2D eigenvalue weighted by Gasteiger charge is 2.24. The molecule has 0 spiro atoms. The van der Waals surface area contributed by atoms with Crippen molar-refractivity contribution in [1.82, 2.24) is 5.48 Å². The molecule has 0 saturated heterocycles. The van der Waals surface area contributed by atoms with E-state index in [2.05, 4.69) is 0 Å². The largest absolute Gasteiger partial charge is 0.423 e. The number of hydrogen-bond acceptors (Lipinski definition) is 4. The minimum atomic E-state index is -0.492. The molecule has 1 amide bonds. The molecular formula is C16H19NO4. The second-order valence-electron chi connectivity index (χ2n) is 5.63. The van der Waals surface area contributed by atoms with Gasteiger partial charge in [0.1, 0.15) is 5.58 Å². The molecule has 1 aromatic carbocycles. The molecule has 0 bridgehead atoms. The molecule has 2 aromatic rings. The van der Waals surface area contributed by atoms with E-state index in [9.17, 15) is 9.59 Å². The highest BCUT2D eigenvalue weighted by Crippen LogP contribution is 2.20. The summed E-state index contributed by atoms with van der Waals surface area (Å²) in [5.41, 5.74) is 3.25. The van der Waals surface area contributed by atoms with E-state index in [4.69, 9.17) is 9.62 Å². The highest BCUT2D eigenvalue weighted by molar-refractivity contribution is 5.79. The SMILES string of the molecule is Cc1ccc2oc(=O)c(CC(C(=O)NO)C(C)C)cc2c1. The minimum Gasteiger partial charge on any atom is -0.423 e. The zero-order valence-electron chi connectivity index (χ0n) is 12.3. The van der Waals surface area contributed by atoms with Gasteiger partial charge in [-0.2, -0.15) is 0 Å². The Kier molecular flexibility index (Phi) is 4.43. The Labute approximate surface area is 122 Å². The summed E-state index contributed by atoms with van der Waals surface area (Å²) in [5, 5.41) is 9.64. The highest BCUT2D eigenvalue weighted by atomic mass is 16.5. The zero-order chi connectivity index (χ0) is 15.6. The first-order valence-corrected chi connectivity index (χ1v) is 6.89. The van der Waals surface area contributed by atoms with E-state index in [1.807, 2.05) is 32.9 Å². The maximum absolute atomic E-state index is 12.0. The lowest BCUT2D eigenvalue weighted by atomic mass is 9.89. The van der Waals surface area contributed by atoms with Crippen molar-refractivity contribution in [3.8, 4) is 0 Å². The molecule has 1 aromatic heterocycles. The van der Waals surface area contributed by atoms with Crippen LogP contribution >= 0.6 is 0 Å². The summed E-state index contributed by atoms with van der Waals surface area (Å²) in [5.74, 6) is -0.987. The summed E-state index contributed by atoms with van der Waals surface area (Å²) in [6.45, 7) is 5.69. The summed E-state index contributed by atoms with van der Waals surface area (Å²) in [6, 6.07) is 7.32. The third kappa shape index (κ3) is 3.31. The topological polar surface area (TPSA) is 79.5 Å². The summed E-state index contributed by atoms with van der Waals surface area (Å²) in [6.07, 6.45) is 0.232. The maximum Gasteiger partial charge on any atom is 0.339 e. The Morgan fingerprint density at radius 1 is 1.33 bits per heavy atom. The fraction of sp³-hybridized carbons (Fsp3) is 0.375.